The topological polar surface area (TPSA) is 20.2 Å². The van der Waals surface area contributed by atoms with Crippen LogP contribution in [-0.2, 0) is 0 Å². The predicted molar refractivity (Wildman–Crippen MR) is 40.8 cm³/mol. The zero-order chi connectivity index (χ0) is 9.61. The number of aliphatic hydroxyl groups is 1. The van der Waals surface area contributed by atoms with Gasteiger partial charge in [0.2, 0.25) is 0 Å². The highest BCUT2D eigenvalue weighted by Crippen LogP contribution is 2.23. The van der Waals surface area contributed by atoms with E-state index in [-0.39, 0.29) is 18.9 Å². The number of alkyl halides is 3. The van der Waals surface area contributed by atoms with Crippen LogP contribution in [0, 0.1) is 5.92 Å². The molecule has 0 fully saturated rings. The van der Waals surface area contributed by atoms with Crippen LogP contribution < -0.4 is 0 Å². The van der Waals surface area contributed by atoms with E-state index in [0.717, 1.165) is 0 Å². The summed E-state index contributed by atoms with van der Waals surface area (Å²) in [4.78, 5) is 0. The van der Waals surface area contributed by atoms with E-state index in [9.17, 15) is 13.2 Å². The number of unbranched alkanes of at least 4 members (excludes halogenated alkanes) is 1. The minimum Gasteiger partial charge on any atom is -0.396 e. The van der Waals surface area contributed by atoms with Gasteiger partial charge in [-0.3, -0.25) is 0 Å². The Kier molecular flexibility index (Phi) is 5.29. The van der Waals surface area contributed by atoms with E-state index in [0.29, 0.717) is 12.8 Å². The normalized spacial score (nSPS) is 14.8. The first-order valence-corrected chi connectivity index (χ1v) is 4.13. The van der Waals surface area contributed by atoms with Gasteiger partial charge in [-0.15, -0.1) is 0 Å². The van der Waals surface area contributed by atoms with Gasteiger partial charge in [-0.2, -0.15) is 13.2 Å². The van der Waals surface area contributed by atoms with Crippen LogP contribution in [0.2, 0.25) is 0 Å². The quantitative estimate of drug-likeness (QED) is 0.651. The monoisotopic (exact) mass is 184 g/mol. The van der Waals surface area contributed by atoms with Gasteiger partial charge in [0.25, 0.3) is 0 Å². The van der Waals surface area contributed by atoms with Gasteiger partial charge < -0.3 is 5.11 Å². The zero-order valence-electron chi connectivity index (χ0n) is 7.19. The van der Waals surface area contributed by atoms with Gasteiger partial charge in [-0.25, -0.2) is 0 Å². The molecule has 0 aromatic heterocycles. The standard InChI is InChI=1S/C8H15F3O/c1-7(6-12)4-2-3-5-8(9,10)11/h7,12H,2-6H2,1H3. The molecule has 74 valence electrons. The third-order valence-corrected chi connectivity index (χ3v) is 1.72. The summed E-state index contributed by atoms with van der Waals surface area (Å²) in [6.07, 6.45) is -3.34. The smallest absolute Gasteiger partial charge is 0.389 e. The van der Waals surface area contributed by atoms with Crippen molar-refractivity contribution in [1.82, 2.24) is 0 Å². The number of hydrogen-bond acceptors (Lipinski definition) is 1. The predicted octanol–water partition coefficient (Wildman–Crippen LogP) is 2.74. The molecule has 0 radical (unpaired) electrons. The first-order valence-electron chi connectivity index (χ1n) is 4.13. The number of hydrogen-bond donors (Lipinski definition) is 1. The van der Waals surface area contributed by atoms with Crippen molar-refractivity contribution in [2.24, 2.45) is 5.92 Å². The molecule has 1 nitrogen and oxygen atoms in total. The van der Waals surface area contributed by atoms with Gasteiger partial charge >= 0.3 is 6.18 Å². The highest BCUT2D eigenvalue weighted by molar-refractivity contribution is 4.54. The van der Waals surface area contributed by atoms with Crippen molar-refractivity contribution in [2.45, 2.75) is 38.8 Å². The lowest BCUT2D eigenvalue weighted by atomic mass is 10.0. The highest BCUT2D eigenvalue weighted by atomic mass is 19.4. The zero-order valence-corrected chi connectivity index (χ0v) is 7.19. The molecule has 0 bridgehead atoms. The van der Waals surface area contributed by atoms with Crippen LogP contribution in [0.5, 0.6) is 0 Å². The van der Waals surface area contributed by atoms with Gasteiger partial charge in [0, 0.05) is 13.0 Å². The summed E-state index contributed by atoms with van der Waals surface area (Å²) in [7, 11) is 0. The van der Waals surface area contributed by atoms with Crippen molar-refractivity contribution in [3.63, 3.8) is 0 Å². The van der Waals surface area contributed by atoms with Crippen LogP contribution in [-0.4, -0.2) is 17.9 Å². The Hall–Kier alpha value is -0.250. The second-order valence-electron chi connectivity index (χ2n) is 3.15. The Balaban J connectivity index is 3.22. The van der Waals surface area contributed by atoms with Gasteiger partial charge in [-0.05, 0) is 18.8 Å². The molecule has 0 amide bonds. The van der Waals surface area contributed by atoms with E-state index in [4.69, 9.17) is 5.11 Å². The van der Waals surface area contributed by atoms with Crippen molar-refractivity contribution in [2.75, 3.05) is 6.61 Å². The minimum atomic E-state index is -4.03. The maximum atomic E-state index is 11.6. The summed E-state index contributed by atoms with van der Waals surface area (Å²) in [5.74, 6) is 0.123. The summed E-state index contributed by atoms with van der Waals surface area (Å²) < 4.78 is 34.8. The molecule has 0 heterocycles. The van der Waals surface area contributed by atoms with Crippen molar-refractivity contribution in [3.05, 3.63) is 0 Å². The molecular formula is C8H15F3O. The lowest BCUT2D eigenvalue weighted by Crippen LogP contribution is -2.07. The second-order valence-corrected chi connectivity index (χ2v) is 3.15. The van der Waals surface area contributed by atoms with E-state index in [1.165, 1.54) is 0 Å². The van der Waals surface area contributed by atoms with Gasteiger partial charge in [0.15, 0.2) is 0 Å². The van der Waals surface area contributed by atoms with Crippen molar-refractivity contribution < 1.29 is 18.3 Å². The molecular weight excluding hydrogens is 169 g/mol. The summed E-state index contributed by atoms with van der Waals surface area (Å²) in [6, 6.07) is 0. The first kappa shape index (κ1) is 11.8. The molecule has 0 saturated carbocycles. The van der Waals surface area contributed by atoms with Crippen LogP contribution in [0.15, 0.2) is 0 Å². The average Bonchev–Trinajstić information content (AvgIpc) is 1.96. The minimum absolute atomic E-state index is 0.0615. The van der Waals surface area contributed by atoms with E-state index in [2.05, 4.69) is 0 Å². The van der Waals surface area contributed by atoms with Gasteiger partial charge in [-0.1, -0.05) is 13.3 Å². The van der Waals surface area contributed by atoms with Crippen LogP contribution in [0.1, 0.15) is 32.6 Å². The van der Waals surface area contributed by atoms with E-state index >= 15 is 0 Å². The fraction of sp³-hybridized carbons (Fsp3) is 1.00. The first-order chi connectivity index (χ1) is 5.45. The molecule has 0 aromatic rings. The third kappa shape index (κ3) is 7.85. The second kappa shape index (κ2) is 5.41. The molecule has 0 aliphatic carbocycles. The fourth-order valence-electron chi connectivity index (χ4n) is 0.910. The van der Waals surface area contributed by atoms with E-state index in [1.54, 1.807) is 0 Å². The Morgan fingerprint density at radius 3 is 2.25 bits per heavy atom. The summed E-state index contributed by atoms with van der Waals surface area (Å²) in [6.45, 7) is 1.89. The number of halogens is 3. The Morgan fingerprint density at radius 1 is 1.25 bits per heavy atom. The Labute approximate surface area is 70.6 Å². The summed E-state index contributed by atoms with van der Waals surface area (Å²) in [5, 5.41) is 8.57. The summed E-state index contributed by atoms with van der Waals surface area (Å²) >= 11 is 0. The molecule has 1 unspecified atom stereocenters. The molecule has 0 aromatic carbocycles. The maximum absolute atomic E-state index is 11.6. The molecule has 0 aliphatic heterocycles. The summed E-state index contributed by atoms with van der Waals surface area (Å²) in [5.41, 5.74) is 0. The van der Waals surface area contributed by atoms with Crippen LogP contribution >= 0.6 is 0 Å². The van der Waals surface area contributed by atoms with Crippen molar-refractivity contribution in [1.29, 1.82) is 0 Å². The maximum Gasteiger partial charge on any atom is 0.389 e. The molecule has 0 saturated heterocycles. The Morgan fingerprint density at radius 2 is 1.83 bits per heavy atom. The molecule has 1 atom stereocenters. The fourth-order valence-corrected chi connectivity index (χ4v) is 0.910. The highest BCUT2D eigenvalue weighted by Gasteiger charge is 2.25. The Bertz CT molecular complexity index is 111. The van der Waals surface area contributed by atoms with E-state index in [1.807, 2.05) is 6.92 Å². The van der Waals surface area contributed by atoms with Crippen LogP contribution in [0.3, 0.4) is 0 Å². The van der Waals surface area contributed by atoms with Gasteiger partial charge in [0.1, 0.15) is 0 Å². The lowest BCUT2D eigenvalue weighted by molar-refractivity contribution is -0.135. The molecule has 4 heteroatoms. The average molecular weight is 184 g/mol. The van der Waals surface area contributed by atoms with Crippen molar-refractivity contribution >= 4 is 0 Å². The van der Waals surface area contributed by atoms with Gasteiger partial charge in [0.05, 0.1) is 0 Å². The molecule has 0 spiro atoms. The largest absolute Gasteiger partial charge is 0.396 e. The van der Waals surface area contributed by atoms with Crippen molar-refractivity contribution in [3.8, 4) is 0 Å². The molecule has 1 N–H and O–H groups in total. The SMILES string of the molecule is CC(CO)CCCCC(F)(F)F. The molecule has 0 rings (SSSR count). The van der Waals surface area contributed by atoms with Crippen LogP contribution in [0.4, 0.5) is 13.2 Å². The third-order valence-electron chi connectivity index (χ3n) is 1.72. The number of aliphatic hydroxyl groups excluding tert-OH is 1. The molecule has 12 heavy (non-hydrogen) atoms. The number of rotatable bonds is 5. The van der Waals surface area contributed by atoms with E-state index < -0.39 is 12.6 Å². The van der Waals surface area contributed by atoms with Crippen LogP contribution in [0.25, 0.3) is 0 Å². The molecule has 0 aliphatic rings. The lowest BCUT2D eigenvalue weighted by Gasteiger charge is -2.08.